The highest BCUT2D eigenvalue weighted by Crippen LogP contribution is 2.22. The summed E-state index contributed by atoms with van der Waals surface area (Å²) in [4.78, 5) is 12.3. The van der Waals surface area contributed by atoms with Crippen molar-refractivity contribution in [2.75, 3.05) is 0 Å². The first-order valence-electron chi connectivity index (χ1n) is 6.40. The van der Waals surface area contributed by atoms with Gasteiger partial charge in [0.15, 0.2) is 5.78 Å². The van der Waals surface area contributed by atoms with Crippen LogP contribution in [0.15, 0.2) is 35.7 Å². The molecule has 2 heterocycles. The van der Waals surface area contributed by atoms with Gasteiger partial charge in [-0.1, -0.05) is 18.2 Å². The molecule has 0 unspecified atom stereocenters. The Bertz CT molecular complexity index is 775. The number of benzene rings is 1. The molecular formula is C15H13IN2OS. The second-order valence-corrected chi connectivity index (χ2v) is 7.32. The van der Waals surface area contributed by atoms with Crippen LogP contribution in [0.5, 0.6) is 0 Å². The molecule has 0 radical (unpaired) electrons. The lowest BCUT2D eigenvalue weighted by Crippen LogP contribution is -2.04. The van der Waals surface area contributed by atoms with Crippen LogP contribution in [0.1, 0.15) is 23.0 Å². The number of carbonyl (C=O) groups is 1. The number of halogens is 1. The third-order valence-electron chi connectivity index (χ3n) is 3.25. The summed E-state index contributed by atoms with van der Waals surface area (Å²) in [7, 11) is 0. The van der Waals surface area contributed by atoms with Gasteiger partial charge in [-0.15, -0.1) is 11.3 Å². The number of aryl methyl sites for hydroxylation is 1. The number of carbonyl (C=O) groups excluding carboxylic acids is 1. The van der Waals surface area contributed by atoms with Crippen LogP contribution in [0.2, 0.25) is 0 Å². The van der Waals surface area contributed by atoms with Gasteiger partial charge >= 0.3 is 0 Å². The fraction of sp³-hybridized carbons (Fsp3) is 0.200. The molecule has 0 saturated carbocycles. The minimum absolute atomic E-state index is 0.135. The van der Waals surface area contributed by atoms with E-state index in [2.05, 4.69) is 34.6 Å². The lowest BCUT2D eigenvalue weighted by atomic mass is 10.1. The predicted molar refractivity (Wildman–Crippen MR) is 90.5 cm³/mol. The number of thiophene rings is 1. The van der Waals surface area contributed by atoms with Crippen LogP contribution in [-0.4, -0.2) is 15.6 Å². The molecule has 102 valence electrons. The van der Waals surface area contributed by atoms with Crippen LogP contribution >= 0.6 is 33.9 Å². The number of hydrogen-bond acceptors (Lipinski definition) is 3. The zero-order valence-corrected chi connectivity index (χ0v) is 13.9. The third-order valence-corrected chi connectivity index (χ3v) is 5.04. The van der Waals surface area contributed by atoms with Gasteiger partial charge in [-0.3, -0.25) is 9.48 Å². The van der Waals surface area contributed by atoms with Crippen molar-refractivity contribution in [1.29, 1.82) is 0 Å². The van der Waals surface area contributed by atoms with Crippen LogP contribution in [0.3, 0.4) is 0 Å². The third kappa shape index (κ3) is 2.52. The number of fused-ring (bicyclic) bond motifs is 1. The van der Waals surface area contributed by atoms with Gasteiger partial charge in [-0.2, -0.15) is 5.10 Å². The Hall–Kier alpha value is -1.21. The zero-order chi connectivity index (χ0) is 14.1. The Morgan fingerprint density at radius 1 is 1.40 bits per heavy atom. The van der Waals surface area contributed by atoms with Gasteiger partial charge in [-0.05, 0) is 41.6 Å². The zero-order valence-electron chi connectivity index (χ0n) is 11.0. The monoisotopic (exact) mass is 396 g/mol. The molecule has 0 aliphatic heterocycles. The van der Waals surface area contributed by atoms with E-state index in [1.165, 1.54) is 0 Å². The van der Waals surface area contributed by atoms with Crippen molar-refractivity contribution >= 4 is 50.6 Å². The minimum atomic E-state index is 0.135. The van der Waals surface area contributed by atoms with Gasteiger partial charge < -0.3 is 0 Å². The highest BCUT2D eigenvalue weighted by molar-refractivity contribution is 14.1. The summed E-state index contributed by atoms with van der Waals surface area (Å²) in [5.41, 5.74) is 2.75. The maximum atomic E-state index is 12.3. The van der Waals surface area contributed by atoms with E-state index in [1.54, 1.807) is 11.3 Å². The highest BCUT2D eigenvalue weighted by Gasteiger charge is 2.15. The molecule has 0 amide bonds. The number of ketones is 1. The van der Waals surface area contributed by atoms with E-state index in [1.807, 2.05) is 40.4 Å². The Labute approximate surface area is 134 Å². The molecular weight excluding hydrogens is 383 g/mol. The summed E-state index contributed by atoms with van der Waals surface area (Å²) in [6, 6.07) is 10.0. The smallest absolute Gasteiger partial charge is 0.169 e. The van der Waals surface area contributed by atoms with Crippen molar-refractivity contribution in [2.45, 2.75) is 19.9 Å². The molecule has 0 aliphatic rings. The number of hydrogen-bond donors (Lipinski definition) is 0. The number of rotatable bonds is 4. The van der Waals surface area contributed by atoms with Crippen LogP contribution in [0.4, 0.5) is 0 Å². The van der Waals surface area contributed by atoms with Gasteiger partial charge in [0.25, 0.3) is 0 Å². The SMILES string of the molecule is CCn1nc(CC(=O)c2csc(I)c2)c2ccccc21. The van der Waals surface area contributed by atoms with Crippen LogP contribution in [0, 0.1) is 2.88 Å². The standard InChI is InChI=1S/C15H13IN2OS/c1-2-18-13-6-4-3-5-11(13)12(17-18)8-14(19)10-7-15(16)20-9-10/h3-7,9H,2,8H2,1H3. The Balaban J connectivity index is 1.97. The fourth-order valence-electron chi connectivity index (χ4n) is 2.28. The van der Waals surface area contributed by atoms with Crippen molar-refractivity contribution < 1.29 is 4.79 Å². The van der Waals surface area contributed by atoms with Crippen molar-refractivity contribution in [3.05, 3.63) is 49.9 Å². The molecule has 0 fully saturated rings. The second kappa shape index (κ2) is 5.65. The van der Waals surface area contributed by atoms with Gasteiger partial charge in [0.05, 0.1) is 20.5 Å². The first kappa shape index (κ1) is 13.8. The van der Waals surface area contributed by atoms with Crippen molar-refractivity contribution in [3.63, 3.8) is 0 Å². The molecule has 1 aromatic carbocycles. The quantitative estimate of drug-likeness (QED) is 0.491. The predicted octanol–water partition coefficient (Wildman–Crippen LogP) is 4.15. The summed E-state index contributed by atoms with van der Waals surface area (Å²) in [5.74, 6) is 0.135. The molecule has 0 spiro atoms. The van der Waals surface area contributed by atoms with Crippen molar-refractivity contribution in [3.8, 4) is 0 Å². The van der Waals surface area contributed by atoms with Crippen LogP contribution in [-0.2, 0) is 13.0 Å². The molecule has 3 aromatic rings. The molecule has 0 bridgehead atoms. The number of Topliss-reactive ketones (excluding diaryl/α,β-unsaturated/α-hetero) is 1. The van der Waals surface area contributed by atoms with Crippen molar-refractivity contribution in [2.24, 2.45) is 0 Å². The molecule has 2 aromatic heterocycles. The first-order valence-corrected chi connectivity index (χ1v) is 8.36. The van der Waals surface area contributed by atoms with Crippen molar-refractivity contribution in [1.82, 2.24) is 9.78 Å². The highest BCUT2D eigenvalue weighted by atomic mass is 127. The number of nitrogens with zero attached hydrogens (tertiary/aromatic N) is 2. The maximum Gasteiger partial charge on any atom is 0.169 e. The summed E-state index contributed by atoms with van der Waals surface area (Å²) in [5, 5.41) is 7.57. The average Bonchev–Trinajstić information content (AvgIpc) is 3.03. The summed E-state index contributed by atoms with van der Waals surface area (Å²) in [6.07, 6.45) is 0.361. The van der Waals surface area contributed by atoms with Crippen LogP contribution < -0.4 is 0 Å². The van der Waals surface area contributed by atoms with E-state index < -0.39 is 0 Å². The van der Waals surface area contributed by atoms with E-state index in [0.717, 1.165) is 31.6 Å². The molecule has 0 atom stereocenters. The van der Waals surface area contributed by atoms with E-state index >= 15 is 0 Å². The van der Waals surface area contributed by atoms with E-state index in [9.17, 15) is 4.79 Å². The topological polar surface area (TPSA) is 34.9 Å². The molecule has 3 nitrogen and oxygen atoms in total. The maximum absolute atomic E-state index is 12.3. The first-order chi connectivity index (χ1) is 9.69. The van der Waals surface area contributed by atoms with Crippen LogP contribution in [0.25, 0.3) is 10.9 Å². The van der Waals surface area contributed by atoms with E-state index in [0.29, 0.717) is 6.42 Å². The van der Waals surface area contributed by atoms with Gasteiger partial charge in [-0.25, -0.2) is 0 Å². The molecule has 0 N–H and O–H groups in total. The number of para-hydroxylation sites is 1. The second-order valence-electron chi connectivity index (χ2n) is 4.52. The summed E-state index contributed by atoms with van der Waals surface area (Å²) >= 11 is 3.83. The lowest BCUT2D eigenvalue weighted by Gasteiger charge is -1.96. The van der Waals surface area contributed by atoms with Gasteiger partial charge in [0.2, 0.25) is 0 Å². The largest absolute Gasteiger partial charge is 0.294 e. The molecule has 20 heavy (non-hydrogen) atoms. The summed E-state index contributed by atoms with van der Waals surface area (Å²) in [6.45, 7) is 2.87. The fourth-order valence-corrected chi connectivity index (χ4v) is 3.63. The van der Waals surface area contributed by atoms with E-state index in [-0.39, 0.29) is 5.78 Å². The van der Waals surface area contributed by atoms with E-state index in [4.69, 9.17) is 0 Å². The van der Waals surface area contributed by atoms with Gasteiger partial charge in [0, 0.05) is 22.9 Å². The Morgan fingerprint density at radius 3 is 2.90 bits per heavy atom. The Kier molecular flexibility index (Phi) is 3.89. The molecule has 5 heteroatoms. The molecule has 3 rings (SSSR count). The Morgan fingerprint density at radius 2 is 2.20 bits per heavy atom. The normalized spacial score (nSPS) is 11.1. The summed E-state index contributed by atoms with van der Waals surface area (Å²) < 4.78 is 3.09. The molecule has 0 aliphatic carbocycles. The number of aromatic nitrogens is 2. The minimum Gasteiger partial charge on any atom is -0.294 e. The lowest BCUT2D eigenvalue weighted by molar-refractivity contribution is 0.0992. The average molecular weight is 396 g/mol. The van der Waals surface area contributed by atoms with Gasteiger partial charge in [0.1, 0.15) is 0 Å². The molecule has 0 saturated heterocycles.